The van der Waals surface area contributed by atoms with Gasteiger partial charge in [0.25, 0.3) is 0 Å². The molecule has 0 fully saturated rings. The molecule has 0 spiro atoms. The zero-order valence-electron chi connectivity index (χ0n) is 9.39. The maximum Gasteiger partial charge on any atom is 0.306 e. The minimum absolute atomic E-state index is 0.0783. The first kappa shape index (κ1) is 13.0. The number of carboxylic acids is 1. The minimum atomic E-state index is -0.978. The fourth-order valence-electron chi connectivity index (χ4n) is 1.32. The van der Waals surface area contributed by atoms with Crippen molar-refractivity contribution in [1.82, 2.24) is 0 Å². The third-order valence-corrected chi connectivity index (χ3v) is 2.15. The molecule has 0 heterocycles. The number of anilines is 1. The zero-order chi connectivity index (χ0) is 12.7. The predicted octanol–water partition coefficient (Wildman–Crippen LogP) is 1.22. The number of hydrogen-bond donors (Lipinski definition) is 2. The van der Waals surface area contributed by atoms with E-state index in [2.05, 4.69) is 0 Å². The summed E-state index contributed by atoms with van der Waals surface area (Å²) in [6.07, 6.45) is 0.601. The lowest BCUT2D eigenvalue weighted by molar-refractivity contribution is -0.146. The molecule has 0 bridgehead atoms. The van der Waals surface area contributed by atoms with Gasteiger partial charge >= 0.3 is 11.9 Å². The van der Waals surface area contributed by atoms with E-state index < -0.39 is 11.9 Å². The molecule has 0 aliphatic heterocycles. The maximum absolute atomic E-state index is 11.2. The molecule has 0 unspecified atom stereocenters. The van der Waals surface area contributed by atoms with E-state index in [0.717, 1.165) is 5.56 Å². The van der Waals surface area contributed by atoms with Gasteiger partial charge in [0.2, 0.25) is 0 Å². The highest BCUT2D eigenvalue weighted by Gasteiger charge is 2.05. The number of nitrogens with two attached hydrogens (primary N) is 1. The van der Waals surface area contributed by atoms with Crippen LogP contribution in [-0.4, -0.2) is 23.7 Å². The first-order valence-electron chi connectivity index (χ1n) is 5.30. The minimum Gasteiger partial charge on any atom is -0.481 e. The number of rotatable bonds is 6. The number of esters is 1. The summed E-state index contributed by atoms with van der Waals surface area (Å²) in [7, 11) is 0. The SMILES string of the molecule is Nc1cccc(CCC(=O)OCCC(=O)O)c1. The van der Waals surface area contributed by atoms with Crippen LogP contribution in [0.25, 0.3) is 0 Å². The zero-order valence-corrected chi connectivity index (χ0v) is 9.39. The molecule has 1 aromatic carbocycles. The van der Waals surface area contributed by atoms with E-state index in [-0.39, 0.29) is 19.4 Å². The Morgan fingerprint density at radius 1 is 1.29 bits per heavy atom. The Kier molecular flexibility index (Phi) is 5.00. The van der Waals surface area contributed by atoms with Gasteiger partial charge in [0.05, 0.1) is 6.42 Å². The molecule has 0 radical (unpaired) electrons. The first-order chi connectivity index (χ1) is 8.08. The molecule has 0 saturated carbocycles. The Bertz CT molecular complexity index is 403. The Balaban J connectivity index is 2.26. The highest BCUT2D eigenvalue weighted by atomic mass is 16.5. The van der Waals surface area contributed by atoms with Crippen molar-refractivity contribution in [3.8, 4) is 0 Å². The van der Waals surface area contributed by atoms with E-state index in [1.54, 1.807) is 12.1 Å². The number of nitrogen functional groups attached to an aromatic ring is 1. The summed E-state index contributed by atoms with van der Waals surface area (Å²) in [5.74, 6) is -1.37. The fourth-order valence-corrected chi connectivity index (χ4v) is 1.32. The van der Waals surface area contributed by atoms with Crippen LogP contribution >= 0.6 is 0 Å². The molecule has 3 N–H and O–H groups in total. The third kappa shape index (κ3) is 5.55. The van der Waals surface area contributed by atoms with Crippen molar-refractivity contribution in [2.45, 2.75) is 19.3 Å². The predicted molar refractivity (Wildman–Crippen MR) is 62.4 cm³/mol. The van der Waals surface area contributed by atoms with Crippen molar-refractivity contribution in [2.24, 2.45) is 0 Å². The van der Waals surface area contributed by atoms with Crippen LogP contribution in [0.3, 0.4) is 0 Å². The summed E-state index contributed by atoms with van der Waals surface area (Å²) in [6, 6.07) is 7.26. The number of aliphatic carboxylic acids is 1. The van der Waals surface area contributed by atoms with E-state index in [1.165, 1.54) is 0 Å². The highest BCUT2D eigenvalue weighted by molar-refractivity contribution is 5.71. The summed E-state index contributed by atoms with van der Waals surface area (Å²) in [6.45, 7) is -0.0783. The number of aryl methyl sites for hydroxylation is 1. The van der Waals surface area contributed by atoms with Crippen molar-refractivity contribution < 1.29 is 19.4 Å². The van der Waals surface area contributed by atoms with Gasteiger partial charge in [-0.2, -0.15) is 0 Å². The lowest BCUT2D eigenvalue weighted by Crippen LogP contribution is -2.10. The van der Waals surface area contributed by atoms with Crippen LogP contribution in [0.2, 0.25) is 0 Å². The smallest absolute Gasteiger partial charge is 0.306 e. The molecule has 92 valence electrons. The second-order valence-electron chi connectivity index (χ2n) is 3.61. The Morgan fingerprint density at radius 2 is 2.06 bits per heavy atom. The first-order valence-corrected chi connectivity index (χ1v) is 5.30. The average Bonchev–Trinajstić information content (AvgIpc) is 2.26. The van der Waals surface area contributed by atoms with Crippen LogP contribution in [0.4, 0.5) is 5.69 Å². The van der Waals surface area contributed by atoms with Crippen molar-refractivity contribution in [3.05, 3.63) is 29.8 Å². The van der Waals surface area contributed by atoms with Crippen molar-refractivity contribution in [3.63, 3.8) is 0 Å². The number of ether oxygens (including phenoxy) is 1. The van der Waals surface area contributed by atoms with Gasteiger partial charge in [0.15, 0.2) is 0 Å². The van der Waals surface area contributed by atoms with Crippen molar-refractivity contribution in [2.75, 3.05) is 12.3 Å². The third-order valence-electron chi connectivity index (χ3n) is 2.15. The van der Waals surface area contributed by atoms with Crippen LogP contribution in [0.5, 0.6) is 0 Å². The normalized spacial score (nSPS) is 9.88. The summed E-state index contributed by atoms with van der Waals surface area (Å²) >= 11 is 0. The van der Waals surface area contributed by atoms with Gasteiger partial charge in [-0.05, 0) is 24.1 Å². The van der Waals surface area contributed by atoms with E-state index in [4.69, 9.17) is 15.6 Å². The molecule has 1 aromatic rings. The average molecular weight is 237 g/mol. The standard InChI is InChI=1S/C12H15NO4/c13-10-3-1-2-9(8-10)4-5-12(16)17-7-6-11(14)15/h1-3,8H,4-7,13H2,(H,14,15). The van der Waals surface area contributed by atoms with Crippen LogP contribution in [0.15, 0.2) is 24.3 Å². The second kappa shape index (κ2) is 6.52. The highest BCUT2D eigenvalue weighted by Crippen LogP contribution is 2.09. The monoisotopic (exact) mass is 237 g/mol. The molecule has 5 heteroatoms. The molecule has 0 aliphatic carbocycles. The van der Waals surface area contributed by atoms with Crippen molar-refractivity contribution in [1.29, 1.82) is 0 Å². The van der Waals surface area contributed by atoms with Gasteiger partial charge < -0.3 is 15.6 Å². The molecule has 17 heavy (non-hydrogen) atoms. The molecule has 0 atom stereocenters. The van der Waals surface area contributed by atoms with Crippen molar-refractivity contribution >= 4 is 17.6 Å². The second-order valence-corrected chi connectivity index (χ2v) is 3.61. The number of hydrogen-bond acceptors (Lipinski definition) is 4. The summed E-state index contributed by atoms with van der Waals surface area (Å²) in [5.41, 5.74) is 7.21. The number of carboxylic acid groups (broad SMARTS) is 1. The van der Waals surface area contributed by atoms with Gasteiger partial charge in [-0.15, -0.1) is 0 Å². The summed E-state index contributed by atoms with van der Waals surface area (Å²) in [5, 5.41) is 8.36. The maximum atomic E-state index is 11.2. The molecule has 0 aliphatic rings. The molecule has 1 rings (SSSR count). The number of carbonyl (C=O) groups excluding carboxylic acids is 1. The van der Waals surface area contributed by atoms with Crippen LogP contribution in [-0.2, 0) is 20.7 Å². The van der Waals surface area contributed by atoms with Gasteiger partial charge in [-0.25, -0.2) is 0 Å². The van der Waals surface area contributed by atoms with Gasteiger partial charge in [-0.1, -0.05) is 12.1 Å². The van der Waals surface area contributed by atoms with Crippen LogP contribution < -0.4 is 5.73 Å². The lowest BCUT2D eigenvalue weighted by Gasteiger charge is -2.04. The quantitative estimate of drug-likeness (QED) is 0.573. The molecular formula is C12H15NO4. The van der Waals surface area contributed by atoms with Gasteiger partial charge in [0.1, 0.15) is 6.61 Å². The van der Waals surface area contributed by atoms with Crippen LogP contribution in [0, 0.1) is 0 Å². The number of benzene rings is 1. The molecular weight excluding hydrogens is 222 g/mol. The van der Waals surface area contributed by atoms with E-state index in [1.807, 2.05) is 12.1 Å². The molecule has 5 nitrogen and oxygen atoms in total. The number of carbonyl (C=O) groups is 2. The van der Waals surface area contributed by atoms with Crippen LogP contribution in [0.1, 0.15) is 18.4 Å². The Hall–Kier alpha value is -2.04. The summed E-state index contributed by atoms with van der Waals surface area (Å²) in [4.78, 5) is 21.4. The van der Waals surface area contributed by atoms with Gasteiger partial charge in [0, 0.05) is 12.1 Å². The topological polar surface area (TPSA) is 89.6 Å². The lowest BCUT2D eigenvalue weighted by atomic mass is 10.1. The molecule has 0 aromatic heterocycles. The van der Waals surface area contributed by atoms with E-state index in [0.29, 0.717) is 12.1 Å². The van der Waals surface area contributed by atoms with Gasteiger partial charge in [-0.3, -0.25) is 9.59 Å². The fraction of sp³-hybridized carbons (Fsp3) is 0.333. The van der Waals surface area contributed by atoms with E-state index in [9.17, 15) is 9.59 Å². The Morgan fingerprint density at radius 3 is 2.71 bits per heavy atom. The largest absolute Gasteiger partial charge is 0.481 e. The van der Waals surface area contributed by atoms with E-state index >= 15 is 0 Å². The molecule has 0 amide bonds. The Labute approximate surface area is 99.2 Å². The summed E-state index contributed by atoms with van der Waals surface area (Å²) < 4.78 is 4.75. The molecule has 0 saturated heterocycles.